The van der Waals surface area contributed by atoms with Gasteiger partial charge in [0, 0.05) is 43.6 Å². The van der Waals surface area contributed by atoms with Crippen molar-refractivity contribution in [2.45, 2.75) is 19.5 Å². The summed E-state index contributed by atoms with van der Waals surface area (Å²) >= 11 is 5.92. The average molecular weight is 363 g/mol. The maximum Gasteiger partial charge on any atom is 0.326 e. The molecule has 8 nitrogen and oxygen atoms in total. The number of carbonyl (C=O) groups is 1. The Bertz CT molecular complexity index is 899. The zero-order valence-electron chi connectivity index (χ0n) is 13.5. The van der Waals surface area contributed by atoms with E-state index in [1.807, 2.05) is 10.8 Å². The third-order valence-electron chi connectivity index (χ3n) is 3.79. The number of aromatic nitrogens is 4. The molecule has 9 heteroatoms. The summed E-state index contributed by atoms with van der Waals surface area (Å²) < 4.78 is 3.53. The number of aryl methyl sites for hydroxylation is 1. The molecule has 3 N–H and O–H groups in total. The van der Waals surface area contributed by atoms with Gasteiger partial charge in [0.1, 0.15) is 0 Å². The Hall–Kier alpha value is -2.74. The number of nitrogens with one attached hydrogen (secondary N) is 3. The average Bonchev–Trinajstić information content (AvgIpc) is 3.19. The van der Waals surface area contributed by atoms with Gasteiger partial charge in [0.25, 0.3) is 0 Å². The van der Waals surface area contributed by atoms with Gasteiger partial charge in [-0.15, -0.1) is 0 Å². The van der Waals surface area contributed by atoms with E-state index in [0.717, 1.165) is 18.5 Å². The first-order chi connectivity index (χ1) is 12.1. The quantitative estimate of drug-likeness (QED) is 0.556. The van der Waals surface area contributed by atoms with Crippen LogP contribution in [0.1, 0.15) is 6.42 Å². The summed E-state index contributed by atoms with van der Waals surface area (Å²) in [6.07, 6.45) is 6.16. The summed E-state index contributed by atoms with van der Waals surface area (Å²) in [6, 6.07) is 4.97. The van der Waals surface area contributed by atoms with Crippen LogP contribution in [0.4, 0.5) is 4.79 Å². The molecule has 0 aliphatic rings. The van der Waals surface area contributed by atoms with Gasteiger partial charge in [0.15, 0.2) is 0 Å². The fourth-order valence-electron chi connectivity index (χ4n) is 2.58. The van der Waals surface area contributed by atoms with Gasteiger partial charge in [-0.25, -0.2) is 14.6 Å². The summed E-state index contributed by atoms with van der Waals surface area (Å²) in [5.41, 5.74) is 1.22. The second-order valence-electron chi connectivity index (χ2n) is 5.58. The number of hydrogen-bond donors (Lipinski definition) is 3. The molecule has 0 aliphatic carbocycles. The number of fused-ring (bicyclic) bond motifs is 1. The number of rotatable bonds is 7. The van der Waals surface area contributed by atoms with Crippen LogP contribution < -0.4 is 16.3 Å². The van der Waals surface area contributed by atoms with Crippen LogP contribution in [0, 0.1) is 0 Å². The number of hydrogen-bond acceptors (Lipinski definition) is 3. The Balaban J connectivity index is 1.42. The predicted molar refractivity (Wildman–Crippen MR) is 95.8 cm³/mol. The molecule has 0 atom stereocenters. The Morgan fingerprint density at radius 3 is 2.88 bits per heavy atom. The van der Waals surface area contributed by atoms with E-state index in [1.165, 1.54) is 0 Å². The van der Waals surface area contributed by atoms with Crippen LogP contribution in [0.15, 0.2) is 41.7 Å². The molecule has 0 aliphatic heterocycles. The minimum atomic E-state index is -0.249. The lowest BCUT2D eigenvalue weighted by molar-refractivity contribution is 0.240. The first kappa shape index (κ1) is 17.1. The molecule has 0 bridgehead atoms. The summed E-state index contributed by atoms with van der Waals surface area (Å²) in [5, 5.41) is 6.10. The van der Waals surface area contributed by atoms with Crippen molar-refractivity contribution >= 4 is 28.7 Å². The highest BCUT2D eigenvalue weighted by Gasteiger charge is 2.07. The number of carbonyl (C=O) groups excluding carboxylic acids is 1. The van der Waals surface area contributed by atoms with Gasteiger partial charge in [0.2, 0.25) is 0 Å². The van der Waals surface area contributed by atoms with Crippen LogP contribution in [-0.4, -0.2) is 38.2 Å². The van der Waals surface area contributed by atoms with Crippen LogP contribution in [0.5, 0.6) is 0 Å². The molecule has 1 aromatic carbocycles. The Morgan fingerprint density at radius 1 is 1.24 bits per heavy atom. The maximum atomic E-state index is 12.0. The van der Waals surface area contributed by atoms with E-state index in [-0.39, 0.29) is 11.7 Å². The van der Waals surface area contributed by atoms with Crippen molar-refractivity contribution in [1.82, 2.24) is 29.7 Å². The van der Waals surface area contributed by atoms with E-state index in [1.54, 1.807) is 35.3 Å². The van der Waals surface area contributed by atoms with Gasteiger partial charge < -0.3 is 20.2 Å². The molecule has 2 amide bonds. The smallest absolute Gasteiger partial charge is 0.326 e. The minimum Gasteiger partial charge on any atom is -0.338 e. The lowest BCUT2D eigenvalue weighted by atomic mass is 10.3. The molecule has 0 saturated heterocycles. The van der Waals surface area contributed by atoms with E-state index in [0.29, 0.717) is 30.2 Å². The number of halogens is 1. The van der Waals surface area contributed by atoms with Crippen LogP contribution in [0.3, 0.4) is 0 Å². The number of H-pyrrole nitrogens is 1. The van der Waals surface area contributed by atoms with Gasteiger partial charge in [-0.2, -0.15) is 0 Å². The molecule has 132 valence electrons. The first-order valence-corrected chi connectivity index (χ1v) is 8.37. The van der Waals surface area contributed by atoms with Crippen LogP contribution in [-0.2, 0) is 13.1 Å². The molecule has 2 heterocycles. The maximum absolute atomic E-state index is 12.0. The van der Waals surface area contributed by atoms with Gasteiger partial charge in [0.05, 0.1) is 17.4 Å². The number of benzene rings is 1. The Morgan fingerprint density at radius 2 is 2.08 bits per heavy atom. The monoisotopic (exact) mass is 362 g/mol. The lowest BCUT2D eigenvalue weighted by Gasteiger charge is -2.08. The van der Waals surface area contributed by atoms with E-state index in [9.17, 15) is 9.59 Å². The highest BCUT2D eigenvalue weighted by molar-refractivity contribution is 6.31. The molecular weight excluding hydrogens is 344 g/mol. The normalized spacial score (nSPS) is 10.9. The van der Waals surface area contributed by atoms with Crippen molar-refractivity contribution < 1.29 is 4.79 Å². The topological polar surface area (TPSA) is 96.7 Å². The predicted octanol–water partition coefficient (Wildman–Crippen LogP) is 1.57. The van der Waals surface area contributed by atoms with Crippen molar-refractivity contribution in [3.63, 3.8) is 0 Å². The number of nitrogens with zero attached hydrogens (tertiary/aromatic N) is 3. The van der Waals surface area contributed by atoms with Crippen LogP contribution in [0.25, 0.3) is 11.0 Å². The number of imidazole rings is 2. The van der Waals surface area contributed by atoms with Gasteiger partial charge in [-0.3, -0.25) is 4.57 Å². The highest BCUT2D eigenvalue weighted by Crippen LogP contribution is 2.16. The Kier molecular flexibility index (Phi) is 5.39. The molecule has 3 rings (SSSR count). The molecule has 0 radical (unpaired) electrons. The Labute approximate surface area is 148 Å². The van der Waals surface area contributed by atoms with Crippen LogP contribution >= 0.6 is 11.6 Å². The third kappa shape index (κ3) is 4.42. The largest absolute Gasteiger partial charge is 0.338 e. The van der Waals surface area contributed by atoms with Crippen LogP contribution in [0.2, 0.25) is 5.02 Å². The number of urea groups is 1. The van der Waals surface area contributed by atoms with Crippen molar-refractivity contribution in [3.05, 3.63) is 52.4 Å². The summed E-state index contributed by atoms with van der Waals surface area (Å²) in [7, 11) is 0. The minimum absolute atomic E-state index is 0.222. The van der Waals surface area contributed by atoms with E-state index in [4.69, 9.17) is 11.6 Å². The third-order valence-corrected chi connectivity index (χ3v) is 4.03. The zero-order chi connectivity index (χ0) is 17.6. The van der Waals surface area contributed by atoms with Crippen molar-refractivity contribution in [2.75, 3.05) is 13.1 Å². The highest BCUT2D eigenvalue weighted by atomic mass is 35.5. The van der Waals surface area contributed by atoms with Crippen molar-refractivity contribution in [3.8, 4) is 0 Å². The number of amides is 2. The lowest BCUT2D eigenvalue weighted by Crippen LogP contribution is -2.38. The second kappa shape index (κ2) is 7.89. The molecule has 25 heavy (non-hydrogen) atoms. The molecule has 0 saturated carbocycles. The fraction of sp³-hybridized carbons (Fsp3) is 0.312. The number of aromatic amines is 1. The molecular formula is C16H19ClN6O2. The summed E-state index contributed by atoms with van der Waals surface area (Å²) in [4.78, 5) is 30.5. The second-order valence-corrected chi connectivity index (χ2v) is 6.02. The molecule has 0 spiro atoms. The molecule has 0 fully saturated rings. The first-order valence-electron chi connectivity index (χ1n) is 7.99. The zero-order valence-corrected chi connectivity index (χ0v) is 14.3. The van der Waals surface area contributed by atoms with E-state index in [2.05, 4.69) is 20.6 Å². The summed E-state index contributed by atoms with van der Waals surface area (Å²) in [5.74, 6) is 0. The fourth-order valence-corrected chi connectivity index (χ4v) is 2.76. The van der Waals surface area contributed by atoms with Crippen molar-refractivity contribution in [1.29, 1.82) is 0 Å². The standard InChI is InChI=1S/C16H19ClN6O2/c17-12-2-3-14-13(10-12)21-16(25)23(14)9-6-20-15(24)19-4-1-7-22-8-5-18-11-22/h2-3,5,8,10-11H,1,4,6-7,9H2,(H,21,25)(H2,19,20,24). The van der Waals surface area contributed by atoms with E-state index < -0.39 is 0 Å². The molecule has 0 unspecified atom stereocenters. The van der Waals surface area contributed by atoms with Gasteiger partial charge >= 0.3 is 11.7 Å². The summed E-state index contributed by atoms with van der Waals surface area (Å²) in [6.45, 7) is 2.09. The molecule has 3 aromatic rings. The van der Waals surface area contributed by atoms with E-state index >= 15 is 0 Å². The van der Waals surface area contributed by atoms with Crippen molar-refractivity contribution in [2.24, 2.45) is 0 Å². The van der Waals surface area contributed by atoms with Gasteiger partial charge in [-0.1, -0.05) is 11.6 Å². The molecule has 2 aromatic heterocycles. The SMILES string of the molecule is O=C(NCCCn1ccnc1)NCCn1c(=O)[nH]c2cc(Cl)ccc21. The van der Waals surface area contributed by atoms with Gasteiger partial charge in [-0.05, 0) is 24.6 Å².